The zero-order valence-corrected chi connectivity index (χ0v) is 13.6. The van der Waals surface area contributed by atoms with Crippen LogP contribution in [0.15, 0.2) is 23.2 Å². The van der Waals surface area contributed by atoms with Gasteiger partial charge in [0.2, 0.25) is 0 Å². The molecule has 0 aliphatic rings. The number of nitrogens with one attached hydrogen (secondary N) is 1. The molecular weight excluding hydrogens is 336 g/mol. The van der Waals surface area contributed by atoms with Gasteiger partial charge in [-0.1, -0.05) is 11.6 Å². The highest BCUT2D eigenvalue weighted by Gasteiger charge is 2.17. The Kier molecular flexibility index (Phi) is 4.72. The van der Waals surface area contributed by atoms with E-state index in [-0.39, 0.29) is 4.90 Å². The van der Waals surface area contributed by atoms with E-state index in [0.717, 1.165) is 4.88 Å². The number of halogens is 1. The molecule has 0 fully saturated rings. The van der Waals surface area contributed by atoms with Crippen LogP contribution in [-0.4, -0.2) is 25.1 Å². The van der Waals surface area contributed by atoms with E-state index in [0.29, 0.717) is 28.0 Å². The second kappa shape index (κ2) is 6.18. The van der Waals surface area contributed by atoms with Gasteiger partial charge in [-0.3, -0.25) is 4.55 Å². The Morgan fingerprint density at radius 1 is 1.48 bits per heavy atom. The summed E-state index contributed by atoms with van der Waals surface area (Å²) in [6, 6.07) is 2.89. The van der Waals surface area contributed by atoms with Gasteiger partial charge in [0, 0.05) is 17.1 Å². The average molecular weight is 349 g/mol. The number of anilines is 1. The molecule has 1 heterocycles. The minimum Gasteiger partial charge on any atom is -0.495 e. The number of aromatic nitrogens is 1. The first-order valence-corrected chi connectivity index (χ1v) is 8.45. The third-order valence-corrected chi connectivity index (χ3v) is 4.86. The molecule has 2 rings (SSSR count). The molecule has 0 radical (unpaired) electrons. The molecule has 0 saturated carbocycles. The first-order valence-electron chi connectivity index (χ1n) is 5.81. The number of rotatable bonds is 5. The fraction of sp³-hybridized carbons (Fsp3) is 0.250. The molecule has 0 bridgehead atoms. The SMILES string of the molecule is COc1cc(S(=O)(=O)O)c(C)cc1NCc1cnc(Cl)s1. The Labute approximate surface area is 131 Å². The Hall–Kier alpha value is -1.35. The third-order valence-electron chi connectivity index (χ3n) is 2.75. The van der Waals surface area contributed by atoms with Crippen molar-refractivity contribution in [2.45, 2.75) is 18.4 Å². The van der Waals surface area contributed by atoms with E-state index in [1.807, 2.05) is 0 Å². The van der Waals surface area contributed by atoms with E-state index in [2.05, 4.69) is 10.3 Å². The minimum atomic E-state index is -4.28. The topological polar surface area (TPSA) is 88.5 Å². The molecule has 0 aliphatic heterocycles. The van der Waals surface area contributed by atoms with Crippen LogP contribution >= 0.6 is 22.9 Å². The summed E-state index contributed by atoms with van der Waals surface area (Å²) >= 11 is 7.10. The molecule has 21 heavy (non-hydrogen) atoms. The highest BCUT2D eigenvalue weighted by atomic mass is 35.5. The lowest BCUT2D eigenvalue weighted by Gasteiger charge is -2.13. The van der Waals surface area contributed by atoms with E-state index in [4.69, 9.17) is 20.9 Å². The first kappa shape index (κ1) is 16.0. The maximum Gasteiger partial charge on any atom is 0.294 e. The number of methoxy groups -OCH3 is 1. The van der Waals surface area contributed by atoms with Crippen LogP contribution in [-0.2, 0) is 16.7 Å². The summed E-state index contributed by atoms with van der Waals surface area (Å²) in [4.78, 5) is 4.69. The van der Waals surface area contributed by atoms with Gasteiger partial charge < -0.3 is 10.1 Å². The normalized spacial score (nSPS) is 11.4. The van der Waals surface area contributed by atoms with Crippen molar-refractivity contribution >= 4 is 38.7 Å². The Morgan fingerprint density at radius 2 is 2.19 bits per heavy atom. The highest BCUT2D eigenvalue weighted by Crippen LogP contribution is 2.31. The molecule has 0 aliphatic carbocycles. The monoisotopic (exact) mass is 348 g/mol. The quantitative estimate of drug-likeness (QED) is 0.807. The van der Waals surface area contributed by atoms with Crippen molar-refractivity contribution in [3.8, 4) is 5.75 Å². The molecule has 0 atom stereocenters. The van der Waals surface area contributed by atoms with Crippen molar-refractivity contribution in [2.24, 2.45) is 0 Å². The molecule has 2 N–H and O–H groups in total. The summed E-state index contributed by atoms with van der Waals surface area (Å²) in [6.07, 6.45) is 1.66. The van der Waals surface area contributed by atoms with Gasteiger partial charge in [-0.15, -0.1) is 11.3 Å². The summed E-state index contributed by atoms with van der Waals surface area (Å²) in [5.41, 5.74) is 1.04. The Bertz CT molecular complexity index is 759. The molecule has 114 valence electrons. The number of benzene rings is 1. The van der Waals surface area contributed by atoms with Gasteiger partial charge in [-0.25, -0.2) is 4.98 Å². The second-order valence-electron chi connectivity index (χ2n) is 4.23. The molecule has 1 aromatic heterocycles. The van der Waals surface area contributed by atoms with Gasteiger partial charge in [0.05, 0.1) is 19.3 Å². The van der Waals surface area contributed by atoms with Crippen LogP contribution in [0.3, 0.4) is 0 Å². The molecule has 9 heteroatoms. The molecule has 6 nitrogen and oxygen atoms in total. The van der Waals surface area contributed by atoms with Crippen LogP contribution in [0.5, 0.6) is 5.75 Å². The summed E-state index contributed by atoms with van der Waals surface area (Å²) in [7, 11) is -2.86. The third kappa shape index (κ3) is 3.85. The maximum absolute atomic E-state index is 11.3. The van der Waals surface area contributed by atoms with Crippen molar-refractivity contribution in [3.05, 3.63) is 33.2 Å². The molecule has 1 aromatic carbocycles. The van der Waals surface area contributed by atoms with Gasteiger partial charge in [0.1, 0.15) is 10.6 Å². The van der Waals surface area contributed by atoms with Crippen molar-refractivity contribution in [3.63, 3.8) is 0 Å². The summed E-state index contributed by atoms with van der Waals surface area (Å²) in [6.45, 7) is 2.07. The van der Waals surface area contributed by atoms with E-state index in [1.54, 1.807) is 19.2 Å². The highest BCUT2D eigenvalue weighted by molar-refractivity contribution is 7.85. The fourth-order valence-electron chi connectivity index (χ4n) is 1.80. The van der Waals surface area contributed by atoms with Crippen molar-refractivity contribution in [1.82, 2.24) is 4.98 Å². The van der Waals surface area contributed by atoms with Crippen LogP contribution in [0.2, 0.25) is 4.47 Å². The lowest BCUT2D eigenvalue weighted by atomic mass is 10.2. The molecule has 0 unspecified atom stereocenters. The number of ether oxygens (including phenoxy) is 1. The van der Waals surface area contributed by atoms with Gasteiger partial charge in [-0.05, 0) is 18.6 Å². The lowest BCUT2D eigenvalue weighted by Crippen LogP contribution is -2.05. The maximum atomic E-state index is 11.3. The van der Waals surface area contributed by atoms with Gasteiger partial charge >= 0.3 is 0 Å². The lowest BCUT2D eigenvalue weighted by molar-refractivity contribution is 0.414. The van der Waals surface area contributed by atoms with E-state index < -0.39 is 10.1 Å². The van der Waals surface area contributed by atoms with Crippen LogP contribution in [0.4, 0.5) is 5.69 Å². The predicted octanol–water partition coefficient (Wildman–Crippen LogP) is 2.97. The van der Waals surface area contributed by atoms with Crippen molar-refractivity contribution < 1.29 is 17.7 Å². The average Bonchev–Trinajstić information content (AvgIpc) is 2.80. The van der Waals surface area contributed by atoms with Crippen LogP contribution < -0.4 is 10.1 Å². The van der Waals surface area contributed by atoms with Gasteiger partial charge in [0.15, 0.2) is 4.47 Å². The number of hydrogen-bond donors (Lipinski definition) is 2. The van der Waals surface area contributed by atoms with Crippen molar-refractivity contribution in [2.75, 3.05) is 12.4 Å². The molecule has 2 aromatic rings. The molecule has 0 amide bonds. The van der Waals surface area contributed by atoms with Gasteiger partial charge in [-0.2, -0.15) is 8.42 Å². The zero-order chi connectivity index (χ0) is 15.6. The first-order chi connectivity index (χ1) is 9.81. The van der Waals surface area contributed by atoms with Crippen LogP contribution in [0.25, 0.3) is 0 Å². The van der Waals surface area contributed by atoms with E-state index in [9.17, 15) is 8.42 Å². The zero-order valence-electron chi connectivity index (χ0n) is 11.3. The second-order valence-corrected chi connectivity index (χ2v) is 7.31. The van der Waals surface area contributed by atoms with Gasteiger partial charge in [0.25, 0.3) is 10.1 Å². The predicted molar refractivity (Wildman–Crippen MR) is 82.0 cm³/mol. The number of aryl methyl sites for hydroxylation is 1. The molecule has 0 spiro atoms. The smallest absolute Gasteiger partial charge is 0.294 e. The summed E-state index contributed by atoms with van der Waals surface area (Å²) < 4.78 is 37.3. The van der Waals surface area contributed by atoms with Crippen LogP contribution in [0.1, 0.15) is 10.4 Å². The van der Waals surface area contributed by atoms with Crippen molar-refractivity contribution in [1.29, 1.82) is 0 Å². The summed E-state index contributed by atoms with van der Waals surface area (Å²) in [5, 5.41) is 3.12. The largest absolute Gasteiger partial charge is 0.495 e. The molecule has 0 saturated heterocycles. The Morgan fingerprint density at radius 3 is 2.71 bits per heavy atom. The Balaban J connectivity index is 2.29. The van der Waals surface area contributed by atoms with E-state index >= 15 is 0 Å². The number of thiazole rings is 1. The number of nitrogens with zero attached hydrogens (tertiary/aromatic N) is 1. The molecular formula is C12H13ClN2O4S2. The van der Waals surface area contributed by atoms with Crippen LogP contribution in [0, 0.1) is 6.92 Å². The number of hydrogen-bond acceptors (Lipinski definition) is 6. The standard InChI is InChI=1S/C12H13ClN2O4S2/c1-7-3-9(14-5-8-6-15-12(13)20-8)10(19-2)4-11(7)21(16,17)18/h3-4,6,14H,5H2,1-2H3,(H,16,17,18). The fourth-order valence-corrected chi connectivity index (χ4v) is 3.44. The van der Waals surface area contributed by atoms with E-state index in [1.165, 1.54) is 24.5 Å². The minimum absolute atomic E-state index is 0.175. The summed E-state index contributed by atoms with van der Waals surface area (Å²) in [5.74, 6) is 0.323.